The molecule has 2 aliphatic rings. The van der Waals surface area contributed by atoms with Gasteiger partial charge in [-0.25, -0.2) is 0 Å². The molecule has 2 nitrogen and oxygen atoms in total. The summed E-state index contributed by atoms with van der Waals surface area (Å²) < 4.78 is 6.02. The number of hydrogen-bond acceptors (Lipinski definition) is 2. The van der Waals surface area contributed by atoms with Crippen LogP contribution in [0.25, 0.3) is 0 Å². The second-order valence-corrected chi connectivity index (χ2v) is 6.51. The van der Waals surface area contributed by atoms with Crippen LogP contribution in [0.15, 0.2) is 53.8 Å². The molecule has 0 amide bonds. The Bertz CT molecular complexity index is 550. The summed E-state index contributed by atoms with van der Waals surface area (Å²) in [7, 11) is 0. The van der Waals surface area contributed by atoms with Crippen molar-refractivity contribution in [1.29, 1.82) is 0 Å². The van der Waals surface area contributed by atoms with E-state index in [2.05, 4.69) is 61.2 Å². The van der Waals surface area contributed by atoms with Crippen LogP contribution < -0.4 is 0 Å². The highest BCUT2D eigenvalue weighted by atomic mass is 16.5. The lowest BCUT2D eigenvalue weighted by molar-refractivity contribution is 0.0949. The molecule has 1 spiro atoms. The van der Waals surface area contributed by atoms with Crippen LogP contribution in [-0.4, -0.2) is 24.6 Å². The van der Waals surface area contributed by atoms with Gasteiger partial charge in [0.05, 0.1) is 6.61 Å². The summed E-state index contributed by atoms with van der Waals surface area (Å²) in [6, 6.07) is 10.8. The Hall–Kier alpha value is -1.54. The van der Waals surface area contributed by atoms with Crippen molar-refractivity contribution in [1.82, 2.24) is 4.90 Å². The quantitative estimate of drug-likeness (QED) is 0.812. The maximum atomic E-state index is 6.02. The molecule has 0 radical (unpaired) electrons. The number of allylic oxidation sites excluding steroid dienone is 3. The second-order valence-electron chi connectivity index (χ2n) is 6.51. The number of hydrogen-bond donors (Lipinski definition) is 0. The zero-order valence-electron chi connectivity index (χ0n) is 13.8. The third-order valence-electron chi connectivity index (χ3n) is 5.08. The van der Waals surface area contributed by atoms with Gasteiger partial charge in [-0.2, -0.15) is 0 Å². The first kappa shape index (κ1) is 15.4. The fourth-order valence-corrected chi connectivity index (χ4v) is 3.83. The summed E-state index contributed by atoms with van der Waals surface area (Å²) in [5, 5.41) is 0. The van der Waals surface area contributed by atoms with Crippen LogP contribution in [0.5, 0.6) is 0 Å². The molecule has 118 valence electrons. The van der Waals surface area contributed by atoms with Gasteiger partial charge in [0.15, 0.2) is 0 Å². The van der Waals surface area contributed by atoms with Gasteiger partial charge in [-0.15, -0.1) is 0 Å². The van der Waals surface area contributed by atoms with E-state index in [1.54, 1.807) is 0 Å². The second kappa shape index (κ2) is 6.70. The van der Waals surface area contributed by atoms with Crippen molar-refractivity contribution in [2.75, 3.05) is 19.7 Å². The predicted octanol–water partition coefficient (Wildman–Crippen LogP) is 4.54. The van der Waals surface area contributed by atoms with Crippen molar-refractivity contribution in [3.05, 3.63) is 59.4 Å². The standard InChI is InChI=1S/C20H27NO/c1-3-8-19-18(4-2)20(16-22-19)11-13-21(14-12-20)15-17-9-6-5-7-10-17/h4-10H,3,11-16H2,1-2H3/b18-4+,19-8+. The first-order valence-electron chi connectivity index (χ1n) is 8.54. The van der Waals surface area contributed by atoms with Gasteiger partial charge in [0.1, 0.15) is 5.76 Å². The van der Waals surface area contributed by atoms with Crippen LogP contribution in [0.3, 0.4) is 0 Å². The molecule has 3 rings (SSSR count). The molecule has 1 aromatic carbocycles. The van der Waals surface area contributed by atoms with Gasteiger partial charge in [-0.1, -0.05) is 43.3 Å². The number of piperidine rings is 1. The molecule has 2 aliphatic heterocycles. The molecule has 1 aromatic rings. The van der Waals surface area contributed by atoms with Gasteiger partial charge < -0.3 is 4.74 Å². The molecule has 0 aromatic heterocycles. The van der Waals surface area contributed by atoms with Crippen LogP contribution in [-0.2, 0) is 11.3 Å². The minimum absolute atomic E-state index is 0.267. The highest BCUT2D eigenvalue weighted by Crippen LogP contribution is 2.48. The predicted molar refractivity (Wildman–Crippen MR) is 91.5 cm³/mol. The third kappa shape index (κ3) is 2.98. The fourth-order valence-electron chi connectivity index (χ4n) is 3.83. The van der Waals surface area contributed by atoms with Gasteiger partial charge in [-0.05, 0) is 56.5 Å². The molecule has 2 fully saturated rings. The highest BCUT2D eigenvalue weighted by molar-refractivity contribution is 5.37. The van der Waals surface area contributed by atoms with E-state index in [0.717, 1.165) is 38.4 Å². The topological polar surface area (TPSA) is 12.5 Å². The van der Waals surface area contributed by atoms with E-state index < -0.39 is 0 Å². The Balaban J connectivity index is 1.65. The van der Waals surface area contributed by atoms with Crippen LogP contribution in [0, 0.1) is 5.41 Å². The summed E-state index contributed by atoms with van der Waals surface area (Å²) >= 11 is 0. The van der Waals surface area contributed by atoms with Crippen molar-refractivity contribution >= 4 is 0 Å². The molecular formula is C20H27NO. The number of ether oxygens (including phenoxy) is 1. The van der Waals surface area contributed by atoms with Crippen molar-refractivity contribution in [2.45, 2.75) is 39.7 Å². The van der Waals surface area contributed by atoms with Crippen molar-refractivity contribution in [3.63, 3.8) is 0 Å². The van der Waals surface area contributed by atoms with E-state index in [1.807, 2.05) is 0 Å². The monoisotopic (exact) mass is 297 g/mol. The van der Waals surface area contributed by atoms with E-state index in [-0.39, 0.29) is 5.41 Å². The normalized spacial score (nSPS) is 25.0. The van der Waals surface area contributed by atoms with Gasteiger partial charge in [-0.3, -0.25) is 4.90 Å². The van der Waals surface area contributed by atoms with E-state index in [1.165, 1.54) is 24.0 Å². The lowest BCUT2D eigenvalue weighted by Crippen LogP contribution is -2.40. The SMILES string of the molecule is C/C=C1\C(=C/CC)OCC12CCN(Cc1ccccc1)CC2. The maximum Gasteiger partial charge on any atom is 0.118 e. The van der Waals surface area contributed by atoms with E-state index >= 15 is 0 Å². The largest absolute Gasteiger partial charge is 0.493 e. The lowest BCUT2D eigenvalue weighted by Gasteiger charge is -2.38. The minimum atomic E-state index is 0.267. The number of benzene rings is 1. The molecule has 2 heterocycles. The highest BCUT2D eigenvalue weighted by Gasteiger charge is 2.44. The van der Waals surface area contributed by atoms with Crippen LogP contribution in [0.1, 0.15) is 38.7 Å². The van der Waals surface area contributed by atoms with Gasteiger partial charge in [0.2, 0.25) is 0 Å². The minimum Gasteiger partial charge on any atom is -0.493 e. The Labute approximate surface area is 134 Å². The summed E-state index contributed by atoms with van der Waals surface area (Å²) in [6.45, 7) is 8.60. The van der Waals surface area contributed by atoms with Crippen LogP contribution >= 0.6 is 0 Å². The van der Waals surface area contributed by atoms with E-state index in [0.29, 0.717) is 0 Å². The van der Waals surface area contributed by atoms with Crippen molar-refractivity contribution in [3.8, 4) is 0 Å². The molecule has 0 saturated carbocycles. The first-order chi connectivity index (χ1) is 10.8. The molecule has 2 saturated heterocycles. The van der Waals surface area contributed by atoms with E-state index in [9.17, 15) is 0 Å². The van der Waals surface area contributed by atoms with Crippen LogP contribution in [0.4, 0.5) is 0 Å². The molecule has 0 bridgehead atoms. The number of likely N-dealkylation sites (tertiary alicyclic amines) is 1. The summed E-state index contributed by atoms with van der Waals surface area (Å²) in [5.41, 5.74) is 3.14. The average molecular weight is 297 g/mol. The summed E-state index contributed by atoms with van der Waals surface area (Å²) in [4.78, 5) is 2.58. The fraction of sp³-hybridized carbons (Fsp3) is 0.500. The lowest BCUT2D eigenvalue weighted by atomic mass is 9.73. The van der Waals surface area contributed by atoms with Crippen molar-refractivity contribution in [2.24, 2.45) is 5.41 Å². The van der Waals surface area contributed by atoms with Crippen molar-refractivity contribution < 1.29 is 4.74 Å². The zero-order valence-corrected chi connectivity index (χ0v) is 13.8. The molecule has 0 aliphatic carbocycles. The first-order valence-corrected chi connectivity index (χ1v) is 8.54. The zero-order chi connectivity index (χ0) is 15.4. The Morgan fingerprint density at radius 3 is 2.55 bits per heavy atom. The molecule has 0 N–H and O–H groups in total. The third-order valence-corrected chi connectivity index (χ3v) is 5.08. The van der Waals surface area contributed by atoms with Gasteiger partial charge >= 0.3 is 0 Å². The number of rotatable bonds is 3. The van der Waals surface area contributed by atoms with Crippen LogP contribution in [0.2, 0.25) is 0 Å². The Morgan fingerprint density at radius 1 is 1.18 bits per heavy atom. The molecule has 0 unspecified atom stereocenters. The Kier molecular flexibility index (Phi) is 4.68. The average Bonchev–Trinajstić information content (AvgIpc) is 2.89. The maximum absolute atomic E-state index is 6.02. The molecular weight excluding hydrogens is 270 g/mol. The number of nitrogens with zero attached hydrogens (tertiary/aromatic N) is 1. The molecule has 0 atom stereocenters. The molecule has 2 heteroatoms. The Morgan fingerprint density at radius 2 is 1.91 bits per heavy atom. The van der Waals surface area contributed by atoms with Gasteiger partial charge in [0.25, 0.3) is 0 Å². The summed E-state index contributed by atoms with van der Waals surface area (Å²) in [5.74, 6) is 1.14. The molecule has 22 heavy (non-hydrogen) atoms. The van der Waals surface area contributed by atoms with Gasteiger partial charge in [0, 0.05) is 12.0 Å². The van der Waals surface area contributed by atoms with E-state index in [4.69, 9.17) is 4.74 Å². The smallest absolute Gasteiger partial charge is 0.118 e. The summed E-state index contributed by atoms with van der Waals surface area (Å²) in [6.07, 6.45) is 7.98.